The van der Waals surface area contributed by atoms with E-state index >= 15 is 0 Å². The first-order valence-corrected chi connectivity index (χ1v) is 7.68. The predicted molar refractivity (Wildman–Crippen MR) is 80.2 cm³/mol. The van der Waals surface area contributed by atoms with Gasteiger partial charge in [-0.1, -0.05) is 31.2 Å². The molecule has 1 aliphatic carbocycles. The van der Waals surface area contributed by atoms with Crippen LogP contribution in [0.1, 0.15) is 22.8 Å². The maximum Gasteiger partial charge on any atom is 0.273 e. The second kappa shape index (κ2) is 5.05. The van der Waals surface area contributed by atoms with E-state index in [2.05, 4.69) is 0 Å². The van der Waals surface area contributed by atoms with E-state index in [0.717, 1.165) is 0 Å². The van der Waals surface area contributed by atoms with E-state index in [-0.39, 0.29) is 17.0 Å². The molecule has 2 aliphatic rings. The number of carbonyl (C=O) groups excluding carboxylic acids is 1. The van der Waals surface area contributed by atoms with E-state index in [1.165, 1.54) is 12.1 Å². The lowest BCUT2D eigenvalue weighted by molar-refractivity contribution is -0.385. The van der Waals surface area contributed by atoms with Crippen LogP contribution in [0, 0.1) is 16.0 Å². The molecule has 0 saturated carbocycles. The number of allylic oxidation sites excluding steroid dienone is 4. The number of carbonyl (C=O) groups is 1. The summed E-state index contributed by atoms with van der Waals surface area (Å²) in [5.41, 5.74) is 0.612. The zero-order valence-corrected chi connectivity index (χ0v) is 12.1. The summed E-state index contributed by atoms with van der Waals surface area (Å²) in [7, 11) is -1.45. The Kier molecular flexibility index (Phi) is 3.35. The largest absolute Gasteiger partial charge is 0.799 e. The average molecular weight is 302 g/mol. The molecular formula is C15H12NO4S-. The normalized spacial score (nSPS) is 23.0. The van der Waals surface area contributed by atoms with Crippen molar-refractivity contribution in [1.29, 1.82) is 0 Å². The van der Waals surface area contributed by atoms with Crippen LogP contribution in [0.15, 0.2) is 41.3 Å². The van der Waals surface area contributed by atoms with Gasteiger partial charge in [0.2, 0.25) is 0 Å². The second-order valence-electron chi connectivity index (χ2n) is 4.84. The van der Waals surface area contributed by atoms with Crippen molar-refractivity contribution in [3.8, 4) is 0 Å². The van der Waals surface area contributed by atoms with Crippen molar-refractivity contribution < 1.29 is 14.3 Å². The summed E-state index contributed by atoms with van der Waals surface area (Å²) in [6, 6.07) is 2.81. The Labute approximate surface area is 123 Å². The molecule has 1 aliphatic heterocycles. The average Bonchev–Trinajstić information content (AvgIpc) is 2.51. The highest BCUT2D eigenvalue weighted by Crippen LogP contribution is 2.41. The maximum absolute atomic E-state index is 12.6. The number of rotatable bonds is 2. The molecule has 1 aromatic rings. The highest BCUT2D eigenvalue weighted by molar-refractivity contribution is 8.11. The smallest absolute Gasteiger partial charge is 0.273 e. The summed E-state index contributed by atoms with van der Waals surface area (Å²) in [6.45, 7) is 1.79. The van der Waals surface area contributed by atoms with Crippen LogP contribution in [0.4, 0.5) is 5.69 Å². The molecule has 1 heterocycles. The Morgan fingerprint density at radius 2 is 2.10 bits per heavy atom. The number of ketones is 1. The van der Waals surface area contributed by atoms with E-state index in [0.29, 0.717) is 21.7 Å². The van der Waals surface area contributed by atoms with Crippen molar-refractivity contribution in [2.75, 3.05) is 0 Å². The van der Waals surface area contributed by atoms with Crippen molar-refractivity contribution in [3.05, 3.63) is 57.7 Å². The number of nitro benzene ring substituents is 1. The van der Waals surface area contributed by atoms with Gasteiger partial charge in [-0.05, 0) is 17.4 Å². The van der Waals surface area contributed by atoms with E-state index < -0.39 is 21.6 Å². The molecule has 0 spiro atoms. The van der Waals surface area contributed by atoms with E-state index in [9.17, 15) is 19.5 Å². The summed E-state index contributed by atoms with van der Waals surface area (Å²) in [4.78, 5) is 24.1. The van der Waals surface area contributed by atoms with Crippen LogP contribution in [0.2, 0.25) is 0 Å². The molecule has 0 saturated heterocycles. The highest BCUT2D eigenvalue weighted by Gasteiger charge is 2.31. The lowest BCUT2D eigenvalue weighted by atomic mass is 9.90. The van der Waals surface area contributed by atoms with Gasteiger partial charge in [-0.3, -0.25) is 14.9 Å². The monoisotopic (exact) mass is 302 g/mol. The fourth-order valence-electron chi connectivity index (χ4n) is 2.62. The van der Waals surface area contributed by atoms with Crippen LogP contribution in [-0.2, 0) is 6.42 Å². The van der Waals surface area contributed by atoms with E-state index in [1.807, 2.05) is 0 Å². The van der Waals surface area contributed by atoms with Gasteiger partial charge in [-0.2, -0.15) is 0 Å². The van der Waals surface area contributed by atoms with E-state index in [4.69, 9.17) is 0 Å². The molecule has 1 aromatic carbocycles. The van der Waals surface area contributed by atoms with E-state index in [1.54, 1.807) is 31.2 Å². The van der Waals surface area contributed by atoms with Gasteiger partial charge in [-0.25, -0.2) is 10.8 Å². The molecule has 0 aromatic heterocycles. The minimum Gasteiger partial charge on any atom is -0.799 e. The van der Waals surface area contributed by atoms with Gasteiger partial charge >= 0.3 is 0 Å². The summed E-state index contributed by atoms with van der Waals surface area (Å²) in [6.07, 6.45) is 7.29. The van der Waals surface area contributed by atoms with Crippen LogP contribution in [0.5, 0.6) is 0 Å². The lowest BCUT2D eigenvalue weighted by Gasteiger charge is -2.32. The van der Waals surface area contributed by atoms with Gasteiger partial charge in [0, 0.05) is 22.1 Å². The van der Waals surface area contributed by atoms with Crippen molar-refractivity contribution in [1.82, 2.24) is 0 Å². The van der Waals surface area contributed by atoms with Gasteiger partial charge in [0.1, 0.15) is 0 Å². The number of hydrogen-bond acceptors (Lipinski definition) is 4. The molecule has 2 unspecified atom stereocenters. The number of nitro groups is 1. The fraction of sp³-hybridized carbons (Fsp3) is 0.200. The second-order valence-corrected chi connectivity index (χ2v) is 6.29. The third-order valence-corrected chi connectivity index (χ3v) is 5.26. The molecule has 3 rings (SSSR count). The fourth-order valence-corrected chi connectivity index (χ4v) is 4.10. The van der Waals surface area contributed by atoms with Gasteiger partial charge in [-0.15, -0.1) is 0 Å². The number of aryl methyl sites for hydroxylation is 1. The Hall–Kier alpha value is -2.05. The summed E-state index contributed by atoms with van der Waals surface area (Å²) >= 11 is 0. The number of fused-ring (bicyclic) bond motifs is 2. The molecular weight excluding hydrogens is 290 g/mol. The molecule has 108 valence electrons. The quantitative estimate of drug-likeness (QED) is 0.477. The first kappa shape index (κ1) is 13.9. The highest BCUT2D eigenvalue weighted by atomic mass is 32.2. The minimum absolute atomic E-state index is 0.0830. The Balaban J connectivity index is 2.29. The van der Waals surface area contributed by atoms with Gasteiger partial charge < -0.3 is 4.55 Å². The van der Waals surface area contributed by atoms with Gasteiger partial charge in [0.15, 0.2) is 5.78 Å². The molecule has 0 bridgehead atoms. The predicted octanol–water partition coefficient (Wildman–Crippen LogP) is 3.03. The van der Waals surface area contributed by atoms with Crippen molar-refractivity contribution >= 4 is 27.1 Å². The molecule has 21 heavy (non-hydrogen) atoms. The third kappa shape index (κ3) is 2.07. The number of benzene rings is 1. The first-order valence-electron chi connectivity index (χ1n) is 6.53. The van der Waals surface area contributed by atoms with Gasteiger partial charge in [0.25, 0.3) is 5.69 Å². The van der Waals surface area contributed by atoms with Crippen LogP contribution in [0.3, 0.4) is 0 Å². The van der Waals surface area contributed by atoms with Crippen molar-refractivity contribution in [2.24, 2.45) is 5.92 Å². The zero-order chi connectivity index (χ0) is 15.1. The van der Waals surface area contributed by atoms with Crippen LogP contribution in [-0.4, -0.2) is 20.1 Å². The molecule has 5 nitrogen and oxygen atoms in total. The first-order chi connectivity index (χ1) is 10.0. The third-order valence-electron chi connectivity index (χ3n) is 3.70. The minimum atomic E-state index is -1.45. The van der Waals surface area contributed by atoms with Crippen LogP contribution >= 0.6 is 10.8 Å². The van der Waals surface area contributed by atoms with Gasteiger partial charge in [0.05, 0.1) is 10.8 Å². The standard InChI is InChI=1S/C15H12NO4S/c1-2-9-7-14-11(8-12(9)16(18)19)15(17)10-5-3-4-6-13(10)21(14)20/h3-8,10H,2H2,1H3/q-1. The molecule has 0 amide bonds. The summed E-state index contributed by atoms with van der Waals surface area (Å²) in [5.74, 6) is -0.804. The Morgan fingerprint density at radius 3 is 2.76 bits per heavy atom. The SMILES string of the molecule is CCc1cc2c(cc1[N+](=O)[O-])C(=O)C1C=CC=CC1=S2[O-]. The zero-order valence-electron chi connectivity index (χ0n) is 11.2. The molecule has 6 heteroatoms. The maximum atomic E-state index is 12.6. The van der Waals surface area contributed by atoms with Crippen molar-refractivity contribution in [2.45, 2.75) is 18.2 Å². The number of Topliss-reactive ketones (excluding diaryl/α,β-unsaturated/α-hetero) is 1. The van der Waals surface area contributed by atoms with Crippen LogP contribution < -0.4 is 0 Å². The van der Waals surface area contributed by atoms with Crippen LogP contribution in [0.25, 0.3) is 0 Å². The lowest BCUT2D eigenvalue weighted by Crippen LogP contribution is -2.27. The summed E-state index contributed by atoms with van der Waals surface area (Å²) < 4.78 is 12.6. The Bertz CT molecular complexity index is 761. The van der Waals surface area contributed by atoms with Crippen molar-refractivity contribution in [3.63, 3.8) is 0 Å². The number of hydrogen-bond donors (Lipinski definition) is 0. The molecule has 0 fully saturated rings. The Morgan fingerprint density at radius 1 is 1.33 bits per heavy atom. The topological polar surface area (TPSA) is 83.3 Å². The summed E-state index contributed by atoms with van der Waals surface area (Å²) in [5, 5.41) is 11.1. The molecule has 0 radical (unpaired) electrons. The molecule has 2 atom stereocenters. The number of nitrogens with zero attached hydrogens (tertiary/aromatic N) is 1. The molecule has 0 N–H and O–H groups in total.